The molecule has 0 bridgehead atoms. The fraction of sp³-hybridized carbons (Fsp3) is 0.154. The summed E-state index contributed by atoms with van der Waals surface area (Å²) in [6.45, 7) is 0. The molecule has 0 radical (unpaired) electrons. The van der Waals surface area contributed by atoms with Crippen LogP contribution in [0.15, 0.2) is 35.2 Å². The molecule has 1 aliphatic heterocycles. The van der Waals surface area contributed by atoms with Crippen molar-refractivity contribution in [2.24, 2.45) is 4.99 Å². The van der Waals surface area contributed by atoms with Crippen LogP contribution in [0.2, 0.25) is 0 Å². The number of amides is 1. The molecule has 0 atom stereocenters. The van der Waals surface area contributed by atoms with Crippen LogP contribution in [0.25, 0.3) is 17.1 Å². The predicted octanol–water partition coefficient (Wildman–Crippen LogP) is 2.09. The molecule has 1 N–H and O–H groups in total. The van der Waals surface area contributed by atoms with Gasteiger partial charge in [0.05, 0.1) is 17.4 Å². The number of aromatic nitrogens is 2. The van der Waals surface area contributed by atoms with Crippen molar-refractivity contribution in [3.63, 3.8) is 0 Å². The van der Waals surface area contributed by atoms with Gasteiger partial charge in [-0.25, -0.2) is 9.98 Å². The molecular weight excluding hydrogens is 260 g/mol. The van der Waals surface area contributed by atoms with E-state index in [-0.39, 0.29) is 5.91 Å². The van der Waals surface area contributed by atoms with Gasteiger partial charge in [-0.3, -0.25) is 9.69 Å². The number of nitrogens with zero attached hydrogens (tertiary/aromatic N) is 3. The first kappa shape index (κ1) is 12.0. The second kappa shape index (κ2) is 4.55. The Kier molecular flexibility index (Phi) is 2.87. The highest BCUT2D eigenvalue weighted by Crippen LogP contribution is 2.22. The van der Waals surface area contributed by atoms with Crippen LogP contribution in [0.3, 0.4) is 0 Å². The minimum absolute atomic E-state index is 0.0773. The van der Waals surface area contributed by atoms with E-state index in [1.807, 2.05) is 24.5 Å². The quantitative estimate of drug-likeness (QED) is 0.809. The van der Waals surface area contributed by atoms with Crippen molar-refractivity contribution in [3.05, 3.63) is 35.8 Å². The Balaban J connectivity index is 2.01. The van der Waals surface area contributed by atoms with Gasteiger partial charge in [0.2, 0.25) is 0 Å². The van der Waals surface area contributed by atoms with Gasteiger partial charge in [0.25, 0.3) is 5.91 Å². The Bertz CT molecular complexity index is 716. The Hall–Kier alpha value is -2.08. The lowest BCUT2D eigenvalue weighted by Gasteiger charge is -2.07. The van der Waals surface area contributed by atoms with Crippen molar-refractivity contribution in [2.75, 3.05) is 13.3 Å². The highest BCUT2D eigenvalue weighted by molar-refractivity contribution is 8.13. The molecule has 0 unspecified atom stereocenters. The van der Waals surface area contributed by atoms with Crippen LogP contribution in [-0.4, -0.2) is 39.2 Å². The summed E-state index contributed by atoms with van der Waals surface area (Å²) in [5.74, 6) is -0.0773. The third-order valence-corrected chi connectivity index (χ3v) is 3.69. The Morgan fingerprint density at radius 3 is 3.00 bits per heavy atom. The van der Waals surface area contributed by atoms with Gasteiger partial charge in [0, 0.05) is 7.05 Å². The summed E-state index contributed by atoms with van der Waals surface area (Å²) in [6, 6.07) is 5.81. The number of likely N-dealkylation sites (N-methyl/N-ethyl adjacent to an activating group) is 1. The number of amidine groups is 1. The van der Waals surface area contributed by atoms with Crippen LogP contribution in [0, 0.1) is 0 Å². The number of carbonyl (C=O) groups excluding carboxylic acids is 1. The maximum Gasteiger partial charge on any atom is 0.278 e. The van der Waals surface area contributed by atoms with Gasteiger partial charge in [-0.1, -0.05) is 17.8 Å². The van der Waals surface area contributed by atoms with Crippen molar-refractivity contribution in [2.45, 2.75) is 0 Å². The van der Waals surface area contributed by atoms with Crippen LogP contribution < -0.4 is 0 Å². The van der Waals surface area contributed by atoms with Gasteiger partial charge in [0.15, 0.2) is 5.17 Å². The Morgan fingerprint density at radius 2 is 2.26 bits per heavy atom. The van der Waals surface area contributed by atoms with E-state index in [9.17, 15) is 4.79 Å². The number of aliphatic imine (C=N–C) groups is 1. The van der Waals surface area contributed by atoms with Crippen LogP contribution in [0.1, 0.15) is 5.56 Å². The maximum atomic E-state index is 12.0. The molecule has 1 aromatic heterocycles. The third kappa shape index (κ3) is 2.04. The molecule has 3 rings (SSSR count). The molecule has 2 heterocycles. The van der Waals surface area contributed by atoms with Crippen LogP contribution in [-0.2, 0) is 4.79 Å². The first-order valence-electron chi connectivity index (χ1n) is 5.74. The normalized spacial score (nSPS) is 17.6. The average molecular weight is 272 g/mol. The molecule has 0 spiro atoms. The molecule has 2 aromatic rings. The summed E-state index contributed by atoms with van der Waals surface area (Å²) >= 11 is 1.46. The summed E-state index contributed by atoms with van der Waals surface area (Å²) in [7, 11) is 1.73. The van der Waals surface area contributed by atoms with Gasteiger partial charge in [0.1, 0.15) is 5.70 Å². The highest BCUT2D eigenvalue weighted by atomic mass is 32.2. The monoisotopic (exact) mass is 272 g/mol. The van der Waals surface area contributed by atoms with Gasteiger partial charge >= 0.3 is 0 Å². The zero-order valence-electron chi connectivity index (χ0n) is 10.5. The van der Waals surface area contributed by atoms with Crippen LogP contribution >= 0.6 is 11.8 Å². The van der Waals surface area contributed by atoms with E-state index in [1.165, 1.54) is 11.8 Å². The van der Waals surface area contributed by atoms with Crippen molar-refractivity contribution in [1.82, 2.24) is 14.9 Å². The number of hydrogen-bond donors (Lipinski definition) is 1. The molecule has 0 saturated heterocycles. The molecule has 1 aromatic carbocycles. The molecule has 0 fully saturated rings. The molecule has 1 amide bonds. The standard InChI is InChI=1S/C13H12N4OS/c1-17-12(18)11(16-13(17)19-2)6-8-3-4-9-10(5-8)15-7-14-9/h3-7H,1-2H3,(H,14,15)/b11-6-. The van der Waals surface area contributed by atoms with E-state index in [1.54, 1.807) is 24.4 Å². The minimum atomic E-state index is -0.0773. The number of aromatic amines is 1. The zero-order chi connectivity index (χ0) is 13.4. The predicted molar refractivity (Wildman–Crippen MR) is 77.8 cm³/mol. The second-order valence-corrected chi connectivity index (χ2v) is 4.94. The molecule has 0 aliphatic carbocycles. The van der Waals surface area contributed by atoms with E-state index in [0.717, 1.165) is 21.8 Å². The summed E-state index contributed by atoms with van der Waals surface area (Å²) < 4.78 is 0. The van der Waals surface area contributed by atoms with E-state index in [4.69, 9.17) is 0 Å². The largest absolute Gasteiger partial charge is 0.345 e. The number of imidazole rings is 1. The lowest BCUT2D eigenvalue weighted by atomic mass is 10.1. The molecular formula is C13H12N4OS. The topological polar surface area (TPSA) is 61.4 Å². The maximum absolute atomic E-state index is 12.0. The number of rotatable bonds is 1. The molecule has 96 valence electrons. The molecule has 19 heavy (non-hydrogen) atoms. The number of nitrogens with one attached hydrogen (secondary N) is 1. The third-order valence-electron chi connectivity index (χ3n) is 2.96. The Morgan fingerprint density at radius 1 is 1.42 bits per heavy atom. The van der Waals surface area contributed by atoms with E-state index in [2.05, 4.69) is 15.0 Å². The number of carbonyl (C=O) groups is 1. The van der Waals surface area contributed by atoms with Crippen molar-refractivity contribution in [3.8, 4) is 0 Å². The number of benzene rings is 1. The number of thioether (sulfide) groups is 1. The van der Waals surface area contributed by atoms with Crippen molar-refractivity contribution >= 4 is 39.9 Å². The number of fused-ring (bicyclic) bond motifs is 1. The lowest BCUT2D eigenvalue weighted by Crippen LogP contribution is -2.25. The average Bonchev–Trinajstić information content (AvgIpc) is 2.98. The summed E-state index contributed by atoms with van der Waals surface area (Å²) in [4.78, 5) is 25.1. The van der Waals surface area contributed by atoms with E-state index >= 15 is 0 Å². The summed E-state index contributed by atoms with van der Waals surface area (Å²) in [5, 5.41) is 0.720. The zero-order valence-corrected chi connectivity index (χ0v) is 11.4. The van der Waals surface area contributed by atoms with E-state index < -0.39 is 0 Å². The Labute approximate surface area is 114 Å². The molecule has 0 saturated carbocycles. The SMILES string of the molecule is CSC1=N/C(=C\c2ccc3[nH]cnc3c2)C(=O)N1C. The minimum Gasteiger partial charge on any atom is -0.345 e. The van der Waals surface area contributed by atoms with Gasteiger partial charge < -0.3 is 4.98 Å². The van der Waals surface area contributed by atoms with Crippen LogP contribution in [0.4, 0.5) is 0 Å². The second-order valence-electron chi connectivity index (χ2n) is 4.17. The summed E-state index contributed by atoms with van der Waals surface area (Å²) in [6.07, 6.45) is 5.34. The van der Waals surface area contributed by atoms with E-state index in [0.29, 0.717) is 5.70 Å². The smallest absolute Gasteiger partial charge is 0.278 e. The fourth-order valence-corrected chi connectivity index (χ4v) is 2.50. The highest BCUT2D eigenvalue weighted by Gasteiger charge is 2.25. The molecule has 1 aliphatic rings. The molecule has 6 heteroatoms. The number of hydrogen-bond acceptors (Lipinski definition) is 4. The van der Waals surface area contributed by atoms with Crippen molar-refractivity contribution in [1.29, 1.82) is 0 Å². The fourth-order valence-electron chi connectivity index (χ4n) is 1.96. The summed E-state index contributed by atoms with van der Waals surface area (Å²) in [5.41, 5.74) is 3.23. The number of H-pyrrole nitrogens is 1. The van der Waals surface area contributed by atoms with Gasteiger partial charge in [-0.05, 0) is 30.0 Å². The van der Waals surface area contributed by atoms with Crippen LogP contribution in [0.5, 0.6) is 0 Å². The lowest BCUT2D eigenvalue weighted by molar-refractivity contribution is -0.121. The first-order valence-corrected chi connectivity index (χ1v) is 6.97. The van der Waals surface area contributed by atoms with Gasteiger partial charge in [-0.2, -0.15) is 0 Å². The molecule has 5 nitrogen and oxygen atoms in total. The van der Waals surface area contributed by atoms with Crippen molar-refractivity contribution < 1.29 is 4.79 Å². The first-order chi connectivity index (χ1) is 9.19. The van der Waals surface area contributed by atoms with Gasteiger partial charge in [-0.15, -0.1) is 0 Å².